The first-order valence-corrected chi connectivity index (χ1v) is 8.13. The molecule has 0 unspecified atom stereocenters. The summed E-state index contributed by atoms with van der Waals surface area (Å²) in [5.74, 6) is -2.34. The van der Waals surface area contributed by atoms with Crippen molar-refractivity contribution in [3.05, 3.63) is 70.2 Å². The second-order valence-corrected chi connectivity index (χ2v) is 6.10. The summed E-state index contributed by atoms with van der Waals surface area (Å²) in [6.07, 6.45) is 0. The van der Waals surface area contributed by atoms with Crippen molar-refractivity contribution >= 4 is 23.4 Å². The summed E-state index contributed by atoms with van der Waals surface area (Å²) < 4.78 is 26.7. The van der Waals surface area contributed by atoms with Crippen LogP contribution in [0.2, 0.25) is 5.02 Å². The topological polar surface area (TPSA) is 40.6 Å². The molecule has 0 aromatic heterocycles. The van der Waals surface area contributed by atoms with Crippen molar-refractivity contribution in [2.24, 2.45) is 0 Å². The van der Waals surface area contributed by atoms with Crippen molar-refractivity contribution in [1.82, 2.24) is 9.80 Å². The van der Waals surface area contributed by atoms with Crippen LogP contribution in [0.5, 0.6) is 0 Å². The lowest BCUT2D eigenvalue weighted by atomic mass is 10.1. The van der Waals surface area contributed by atoms with Crippen molar-refractivity contribution < 1.29 is 18.4 Å². The molecule has 0 bridgehead atoms. The van der Waals surface area contributed by atoms with E-state index < -0.39 is 17.5 Å². The summed E-state index contributed by atoms with van der Waals surface area (Å²) in [7, 11) is 0. The highest BCUT2D eigenvalue weighted by atomic mass is 35.5. The fourth-order valence-corrected chi connectivity index (χ4v) is 2.97. The predicted octanol–water partition coefficient (Wildman–Crippen LogP) is 3.22. The normalized spacial score (nSPS) is 14.5. The molecule has 2 aromatic rings. The van der Waals surface area contributed by atoms with Gasteiger partial charge in [-0.15, -0.1) is 0 Å². The Morgan fingerprint density at radius 2 is 1.40 bits per heavy atom. The molecule has 1 aliphatic rings. The molecule has 25 heavy (non-hydrogen) atoms. The Kier molecular flexibility index (Phi) is 4.99. The van der Waals surface area contributed by atoms with Gasteiger partial charge in [0.15, 0.2) is 0 Å². The number of halogens is 3. The number of piperazine rings is 1. The minimum Gasteiger partial charge on any atom is -0.335 e. The number of amides is 2. The summed E-state index contributed by atoms with van der Waals surface area (Å²) in [6.45, 7) is 1.18. The van der Waals surface area contributed by atoms with Crippen molar-refractivity contribution in [1.29, 1.82) is 0 Å². The van der Waals surface area contributed by atoms with Gasteiger partial charge in [0.2, 0.25) is 0 Å². The zero-order chi connectivity index (χ0) is 18.0. The maximum Gasteiger partial charge on any atom is 0.256 e. The molecule has 3 rings (SSSR count). The molecule has 0 aliphatic carbocycles. The van der Waals surface area contributed by atoms with E-state index >= 15 is 0 Å². The molecule has 0 atom stereocenters. The summed E-state index contributed by atoms with van der Waals surface area (Å²) >= 11 is 6.04. The zero-order valence-electron chi connectivity index (χ0n) is 13.2. The van der Waals surface area contributed by atoms with Gasteiger partial charge < -0.3 is 9.80 Å². The number of carbonyl (C=O) groups excluding carboxylic acids is 2. The van der Waals surface area contributed by atoms with Crippen LogP contribution >= 0.6 is 11.6 Å². The molecule has 0 radical (unpaired) electrons. The zero-order valence-corrected chi connectivity index (χ0v) is 14.0. The number of hydrogen-bond donors (Lipinski definition) is 0. The highest BCUT2D eigenvalue weighted by Crippen LogP contribution is 2.19. The van der Waals surface area contributed by atoms with Crippen LogP contribution in [0.1, 0.15) is 20.7 Å². The molecule has 0 saturated carbocycles. The molecule has 4 nitrogen and oxygen atoms in total. The molecule has 0 N–H and O–H groups in total. The second kappa shape index (κ2) is 7.19. The van der Waals surface area contributed by atoms with Crippen molar-refractivity contribution in [3.8, 4) is 0 Å². The Bertz CT molecular complexity index is 820. The molecule has 1 fully saturated rings. The monoisotopic (exact) mass is 364 g/mol. The Morgan fingerprint density at radius 1 is 0.840 bits per heavy atom. The third-order valence-electron chi connectivity index (χ3n) is 4.12. The molecule has 1 aliphatic heterocycles. The minimum absolute atomic E-state index is 0.174. The molecule has 2 amide bonds. The van der Waals surface area contributed by atoms with E-state index in [9.17, 15) is 18.4 Å². The van der Waals surface area contributed by atoms with Crippen LogP contribution < -0.4 is 0 Å². The van der Waals surface area contributed by atoms with Gasteiger partial charge >= 0.3 is 0 Å². The van der Waals surface area contributed by atoms with Crippen molar-refractivity contribution in [3.63, 3.8) is 0 Å². The summed E-state index contributed by atoms with van der Waals surface area (Å²) in [6, 6.07) is 9.64. The van der Waals surface area contributed by atoms with E-state index in [4.69, 9.17) is 11.6 Å². The molecule has 1 saturated heterocycles. The maximum atomic E-state index is 13.8. The smallest absolute Gasteiger partial charge is 0.256 e. The highest BCUT2D eigenvalue weighted by Gasteiger charge is 2.27. The van der Waals surface area contributed by atoms with Gasteiger partial charge in [-0.05, 0) is 24.3 Å². The number of benzene rings is 2. The van der Waals surface area contributed by atoms with E-state index in [-0.39, 0.29) is 24.6 Å². The molecular formula is C18H15ClF2N2O2. The molecule has 130 valence electrons. The lowest BCUT2D eigenvalue weighted by molar-refractivity contribution is 0.0533. The van der Waals surface area contributed by atoms with Gasteiger partial charge in [0.05, 0.1) is 16.1 Å². The molecular weight excluding hydrogens is 350 g/mol. The lowest BCUT2D eigenvalue weighted by Crippen LogP contribution is -2.50. The van der Waals surface area contributed by atoms with E-state index in [0.717, 1.165) is 12.1 Å². The molecule has 2 aromatic carbocycles. The van der Waals surface area contributed by atoms with Crippen molar-refractivity contribution in [2.75, 3.05) is 26.2 Å². The standard InChI is InChI=1S/C18H15ClF2N2O2/c19-15-4-2-1-3-13(15)17(24)22-7-9-23(10-8-22)18(25)14-6-5-12(20)11-16(14)21/h1-6,11H,7-10H2. The van der Waals surface area contributed by atoms with Crippen LogP contribution in [0.25, 0.3) is 0 Å². The molecule has 1 heterocycles. The van der Waals surface area contributed by atoms with Gasteiger partial charge in [-0.2, -0.15) is 0 Å². The fraction of sp³-hybridized carbons (Fsp3) is 0.222. The Labute approximate surface area is 148 Å². The van der Waals surface area contributed by atoms with E-state index in [2.05, 4.69) is 0 Å². The van der Waals surface area contributed by atoms with Crippen LogP contribution in [0.3, 0.4) is 0 Å². The first kappa shape index (κ1) is 17.4. The Balaban J connectivity index is 1.66. The van der Waals surface area contributed by atoms with Gasteiger partial charge in [-0.25, -0.2) is 8.78 Å². The van der Waals surface area contributed by atoms with Crippen LogP contribution in [0.15, 0.2) is 42.5 Å². The summed E-state index contributed by atoms with van der Waals surface area (Å²) in [5, 5.41) is 0.374. The third kappa shape index (κ3) is 3.64. The fourth-order valence-electron chi connectivity index (χ4n) is 2.75. The van der Waals surface area contributed by atoms with Crippen LogP contribution in [0.4, 0.5) is 8.78 Å². The van der Waals surface area contributed by atoms with Gasteiger partial charge in [0.1, 0.15) is 11.6 Å². The third-order valence-corrected chi connectivity index (χ3v) is 4.45. The van der Waals surface area contributed by atoms with E-state index in [1.165, 1.54) is 4.90 Å². The van der Waals surface area contributed by atoms with E-state index in [0.29, 0.717) is 29.7 Å². The average Bonchev–Trinajstić information content (AvgIpc) is 2.61. The lowest BCUT2D eigenvalue weighted by Gasteiger charge is -2.35. The maximum absolute atomic E-state index is 13.8. The minimum atomic E-state index is -0.889. The first-order valence-electron chi connectivity index (χ1n) is 7.75. The molecule has 0 spiro atoms. The number of carbonyl (C=O) groups is 2. The Morgan fingerprint density at radius 3 is 1.96 bits per heavy atom. The second-order valence-electron chi connectivity index (χ2n) is 5.69. The largest absolute Gasteiger partial charge is 0.335 e. The number of hydrogen-bond acceptors (Lipinski definition) is 2. The van der Waals surface area contributed by atoms with Crippen LogP contribution in [-0.4, -0.2) is 47.8 Å². The summed E-state index contributed by atoms with van der Waals surface area (Å²) in [5.41, 5.74) is 0.237. The van der Waals surface area contributed by atoms with Crippen LogP contribution in [0, 0.1) is 11.6 Å². The van der Waals surface area contributed by atoms with E-state index in [1.807, 2.05) is 0 Å². The van der Waals surface area contributed by atoms with Crippen LogP contribution in [-0.2, 0) is 0 Å². The highest BCUT2D eigenvalue weighted by molar-refractivity contribution is 6.33. The van der Waals surface area contributed by atoms with Gasteiger partial charge in [0, 0.05) is 32.2 Å². The predicted molar refractivity (Wildman–Crippen MR) is 89.6 cm³/mol. The quantitative estimate of drug-likeness (QED) is 0.821. The summed E-state index contributed by atoms with van der Waals surface area (Å²) in [4.78, 5) is 27.9. The molecule has 7 heteroatoms. The van der Waals surface area contributed by atoms with Gasteiger partial charge in [-0.3, -0.25) is 9.59 Å². The van der Waals surface area contributed by atoms with E-state index in [1.54, 1.807) is 29.2 Å². The van der Waals surface area contributed by atoms with Gasteiger partial charge in [0.25, 0.3) is 11.8 Å². The SMILES string of the molecule is O=C(c1ccc(F)cc1F)N1CCN(C(=O)c2ccccc2Cl)CC1. The average molecular weight is 365 g/mol. The number of rotatable bonds is 2. The number of nitrogens with zero attached hydrogens (tertiary/aromatic N) is 2. The van der Waals surface area contributed by atoms with Gasteiger partial charge in [-0.1, -0.05) is 23.7 Å². The first-order chi connectivity index (χ1) is 12.0. The van der Waals surface area contributed by atoms with Crippen molar-refractivity contribution in [2.45, 2.75) is 0 Å². The Hall–Kier alpha value is -2.47.